The molecule has 1 unspecified atom stereocenters. The molecule has 0 radical (unpaired) electrons. The molecule has 4 heteroatoms. The number of nitrogens with zero attached hydrogens (tertiary/aromatic N) is 1. The van der Waals surface area contributed by atoms with Gasteiger partial charge < -0.3 is 10.0 Å². The van der Waals surface area contributed by atoms with Gasteiger partial charge in [0.05, 0.1) is 5.41 Å². The maximum Gasteiger partial charge on any atom is 0.310 e. The first-order chi connectivity index (χ1) is 8.93. The minimum Gasteiger partial charge on any atom is -0.481 e. The van der Waals surface area contributed by atoms with Gasteiger partial charge in [0, 0.05) is 19.5 Å². The molecular weight excluding hydrogens is 242 g/mol. The lowest BCUT2D eigenvalue weighted by Gasteiger charge is -2.35. The Morgan fingerprint density at radius 3 is 2.32 bits per heavy atom. The Balaban J connectivity index is 2.69. The smallest absolute Gasteiger partial charge is 0.310 e. The summed E-state index contributed by atoms with van der Waals surface area (Å²) in [6.45, 7) is 4.12. The van der Waals surface area contributed by atoms with E-state index in [2.05, 4.69) is 6.92 Å². The fourth-order valence-corrected chi connectivity index (χ4v) is 2.97. The van der Waals surface area contributed by atoms with Crippen LogP contribution < -0.4 is 0 Å². The summed E-state index contributed by atoms with van der Waals surface area (Å²) in [4.78, 5) is 25.6. The highest BCUT2D eigenvalue weighted by Gasteiger charge is 2.42. The van der Waals surface area contributed by atoms with Gasteiger partial charge in [-0.3, -0.25) is 9.59 Å². The molecule has 0 aliphatic heterocycles. The number of carboxylic acid groups (broad SMARTS) is 1. The van der Waals surface area contributed by atoms with Gasteiger partial charge >= 0.3 is 5.97 Å². The van der Waals surface area contributed by atoms with Crippen molar-refractivity contribution < 1.29 is 14.7 Å². The van der Waals surface area contributed by atoms with Crippen molar-refractivity contribution in [3.63, 3.8) is 0 Å². The third kappa shape index (κ3) is 3.95. The molecule has 1 aliphatic carbocycles. The van der Waals surface area contributed by atoms with Crippen LogP contribution in [-0.4, -0.2) is 35.0 Å². The Morgan fingerprint density at radius 2 is 1.84 bits per heavy atom. The normalized spacial score (nSPS) is 19.7. The summed E-state index contributed by atoms with van der Waals surface area (Å²) in [6, 6.07) is 0.187. The summed E-state index contributed by atoms with van der Waals surface area (Å²) in [5.41, 5.74) is -0.810. The predicted octanol–water partition coefficient (Wildman–Crippen LogP) is 3.06. The van der Waals surface area contributed by atoms with Gasteiger partial charge in [-0.25, -0.2) is 0 Å². The molecule has 110 valence electrons. The van der Waals surface area contributed by atoms with E-state index in [1.807, 2.05) is 6.92 Å². The molecule has 1 atom stereocenters. The average Bonchev–Trinajstić information content (AvgIpc) is 2.39. The Kier molecular flexibility index (Phi) is 5.83. The molecule has 0 aromatic heterocycles. The van der Waals surface area contributed by atoms with Crippen LogP contribution in [0.5, 0.6) is 0 Å². The van der Waals surface area contributed by atoms with Crippen molar-refractivity contribution in [2.24, 2.45) is 5.41 Å². The van der Waals surface area contributed by atoms with E-state index in [-0.39, 0.29) is 18.4 Å². The molecule has 0 bridgehead atoms. The SMILES string of the molecule is CCCC(C)N(C)C(=O)CC1(C(=O)O)CCCCC1. The molecule has 1 fully saturated rings. The van der Waals surface area contributed by atoms with Gasteiger partial charge in [0.1, 0.15) is 0 Å². The molecule has 1 rings (SSSR count). The molecule has 0 spiro atoms. The lowest BCUT2D eigenvalue weighted by molar-refractivity contribution is -0.156. The van der Waals surface area contributed by atoms with Gasteiger partial charge in [-0.2, -0.15) is 0 Å². The fraction of sp³-hybridized carbons (Fsp3) is 0.867. The second-order valence-electron chi connectivity index (χ2n) is 5.97. The van der Waals surface area contributed by atoms with Crippen molar-refractivity contribution in [3.8, 4) is 0 Å². The van der Waals surface area contributed by atoms with Crippen LogP contribution in [0.4, 0.5) is 0 Å². The highest BCUT2D eigenvalue weighted by atomic mass is 16.4. The molecule has 4 nitrogen and oxygen atoms in total. The zero-order valence-electron chi connectivity index (χ0n) is 12.4. The summed E-state index contributed by atoms with van der Waals surface area (Å²) >= 11 is 0. The molecule has 0 aromatic carbocycles. The van der Waals surface area contributed by atoms with Gasteiger partial charge in [0.15, 0.2) is 0 Å². The Bertz CT molecular complexity index is 321. The summed E-state index contributed by atoms with van der Waals surface area (Å²) in [6.07, 6.45) is 6.37. The molecule has 0 heterocycles. The first kappa shape index (κ1) is 16.0. The number of carbonyl (C=O) groups is 2. The summed E-state index contributed by atoms with van der Waals surface area (Å²) in [5, 5.41) is 9.49. The van der Waals surface area contributed by atoms with Crippen LogP contribution in [0.1, 0.15) is 65.2 Å². The van der Waals surface area contributed by atoms with Crippen molar-refractivity contribution >= 4 is 11.9 Å². The number of hydrogen-bond acceptors (Lipinski definition) is 2. The monoisotopic (exact) mass is 269 g/mol. The van der Waals surface area contributed by atoms with Gasteiger partial charge in [-0.15, -0.1) is 0 Å². The summed E-state index contributed by atoms with van der Waals surface area (Å²) < 4.78 is 0. The van der Waals surface area contributed by atoms with Crippen molar-refractivity contribution in [1.82, 2.24) is 4.90 Å². The van der Waals surface area contributed by atoms with Crippen LogP contribution in [0.15, 0.2) is 0 Å². The van der Waals surface area contributed by atoms with Crippen LogP contribution in [0.3, 0.4) is 0 Å². The van der Waals surface area contributed by atoms with Gasteiger partial charge in [0.25, 0.3) is 0 Å². The predicted molar refractivity (Wildman–Crippen MR) is 74.9 cm³/mol. The number of hydrogen-bond donors (Lipinski definition) is 1. The number of amides is 1. The first-order valence-electron chi connectivity index (χ1n) is 7.42. The van der Waals surface area contributed by atoms with Gasteiger partial charge in [-0.05, 0) is 26.2 Å². The second kappa shape index (κ2) is 6.92. The van der Waals surface area contributed by atoms with Crippen molar-refractivity contribution in [3.05, 3.63) is 0 Å². The quantitative estimate of drug-likeness (QED) is 0.806. The van der Waals surface area contributed by atoms with Crippen LogP contribution >= 0.6 is 0 Å². The highest BCUT2D eigenvalue weighted by Crippen LogP contribution is 2.40. The lowest BCUT2D eigenvalue weighted by Crippen LogP contribution is -2.42. The van der Waals surface area contributed by atoms with Crippen LogP contribution in [-0.2, 0) is 9.59 Å². The number of carbonyl (C=O) groups excluding carboxylic acids is 1. The number of rotatable bonds is 6. The largest absolute Gasteiger partial charge is 0.481 e. The zero-order chi connectivity index (χ0) is 14.5. The second-order valence-corrected chi connectivity index (χ2v) is 5.97. The molecular formula is C15H27NO3. The Morgan fingerprint density at radius 1 is 1.26 bits per heavy atom. The van der Waals surface area contributed by atoms with E-state index in [1.165, 1.54) is 0 Å². The molecule has 0 saturated heterocycles. The van der Waals surface area contributed by atoms with Crippen LogP contribution in [0.2, 0.25) is 0 Å². The van der Waals surface area contributed by atoms with Gasteiger partial charge in [-0.1, -0.05) is 32.6 Å². The van der Waals surface area contributed by atoms with Crippen LogP contribution in [0, 0.1) is 5.41 Å². The lowest BCUT2D eigenvalue weighted by atomic mass is 9.71. The maximum atomic E-state index is 12.3. The minimum atomic E-state index is -0.810. The van der Waals surface area contributed by atoms with Crippen molar-refractivity contribution in [2.45, 2.75) is 71.3 Å². The standard InChI is InChI=1S/C15H27NO3/c1-4-8-12(2)16(3)13(17)11-15(14(18)19)9-6-5-7-10-15/h12H,4-11H2,1-3H3,(H,18,19). The average molecular weight is 269 g/mol. The molecule has 1 saturated carbocycles. The van der Waals surface area contributed by atoms with E-state index in [9.17, 15) is 14.7 Å². The van der Waals surface area contributed by atoms with E-state index >= 15 is 0 Å². The summed E-state index contributed by atoms with van der Waals surface area (Å²) in [7, 11) is 1.79. The van der Waals surface area contributed by atoms with E-state index in [0.717, 1.165) is 32.1 Å². The molecule has 0 aromatic rings. The van der Waals surface area contributed by atoms with E-state index in [4.69, 9.17) is 0 Å². The van der Waals surface area contributed by atoms with Crippen LogP contribution in [0.25, 0.3) is 0 Å². The van der Waals surface area contributed by atoms with Crippen molar-refractivity contribution in [1.29, 1.82) is 0 Å². The third-order valence-electron chi connectivity index (χ3n) is 4.51. The number of carboxylic acids is 1. The fourth-order valence-electron chi connectivity index (χ4n) is 2.97. The van der Waals surface area contributed by atoms with E-state index in [1.54, 1.807) is 11.9 Å². The van der Waals surface area contributed by atoms with E-state index in [0.29, 0.717) is 12.8 Å². The highest BCUT2D eigenvalue weighted by molar-refractivity contribution is 5.85. The van der Waals surface area contributed by atoms with Crippen molar-refractivity contribution in [2.75, 3.05) is 7.05 Å². The van der Waals surface area contributed by atoms with E-state index < -0.39 is 11.4 Å². The maximum absolute atomic E-state index is 12.3. The third-order valence-corrected chi connectivity index (χ3v) is 4.51. The molecule has 1 N–H and O–H groups in total. The molecule has 1 aliphatic rings. The summed E-state index contributed by atoms with van der Waals surface area (Å²) in [5.74, 6) is -0.817. The Hall–Kier alpha value is -1.06. The topological polar surface area (TPSA) is 57.6 Å². The first-order valence-corrected chi connectivity index (χ1v) is 7.42. The minimum absolute atomic E-state index is 0.0229. The number of aliphatic carboxylic acids is 1. The van der Waals surface area contributed by atoms with Gasteiger partial charge in [0.2, 0.25) is 5.91 Å². The molecule has 19 heavy (non-hydrogen) atoms. The molecule has 1 amide bonds. The Labute approximate surface area is 116 Å². The zero-order valence-corrected chi connectivity index (χ0v) is 12.4.